The van der Waals surface area contributed by atoms with Gasteiger partial charge < -0.3 is 15.3 Å². The SMILES string of the molecule is CC(C)=CCc1cc(C(=O)/C=C/c2ccc(O)c(F)c2)c(O)cc1O. The lowest BCUT2D eigenvalue weighted by atomic mass is 10.0. The number of hydrogen-bond acceptors (Lipinski definition) is 4. The summed E-state index contributed by atoms with van der Waals surface area (Å²) in [4.78, 5) is 12.3. The largest absolute Gasteiger partial charge is 0.508 e. The number of halogens is 1. The van der Waals surface area contributed by atoms with Gasteiger partial charge in [0.25, 0.3) is 0 Å². The molecule has 2 aromatic carbocycles. The Morgan fingerprint density at radius 2 is 1.76 bits per heavy atom. The quantitative estimate of drug-likeness (QED) is 0.429. The molecule has 130 valence electrons. The number of ketones is 1. The lowest BCUT2D eigenvalue weighted by molar-refractivity contribution is 0.104. The van der Waals surface area contributed by atoms with E-state index in [0.717, 1.165) is 17.7 Å². The summed E-state index contributed by atoms with van der Waals surface area (Å²) in [5.41, 5.74) is 2.03. The summed E-state index contributed by atoms with van der Waals surface area (Å²) < 4.78 is 13.3. The van der Waals surface area contributed by atoms with Crippen LogP contribution >= 0.6 is 0 Å². The molecule has 0 radical (unpaired) electrons. The molecule has 0 aromatic heterocycles. The van der Waals surface area contributed by atoms with Gasteiger partial charge in [0, 0.05) is 6.07 Å². The third-order valence-corrected chi connectivity index (χ3v) is 3.59. The molecule has 2 aromatic rings. The second kappa shape index (κ2) is 7.66. The fourth-order valence-electron chi connectivity index (χ4n) is 2.19. The first kappa shape index (κ1) is 18.3. The predicted molar refractivity (Wildman–Crippen MR) is 94.3 cm³/mol. The maximum atomic E-state index is 13.3. The van der Waals surface area contributed by atoms with Gasteiger partial charge >= 0.3 is 0 Å². The summed E-state index contributed by atoms with van der Waals surface area (Å²) in [5, 5.41) is 29.0. The number of carbonyl (C=O) groups is 1. The van der Waals surface area contributed by atoms with Crippen LogP contribution in [-0.4, -0.2) is 21.1 Å². The molecule has 0 saturated heterocycles. The molecule has 0 saturated carbocycles. The van der Waals surface area contributed by atoms with Crippen molar-refractivity contribution in [2.45, 2.75) is 20.3 Å². The van der Waals surface area contributed by atoms with Gasteiger partial charge in [-0.1, -0.05) is 23.8 Å². The maximum absolute atomic E-state index is 13.3. The molecule has 0 heterocycles. The molecule has 0 atom stereocenters. The number of carbonyl (C=O) groups excluding carboxylic acids is 1. The molecule has 5 heteroatoms. The van der Waals surface area contributed by atoms with E-state index in [1.54, 1.807) is 0 Å². The summed E-state index contributed by atoms with van der Waals surface area (Å²) in [6.45, 7) is 3.84. The van der Waals surface area contributed by atoms with E-state index in [1.165, 1.54) is 30.4 Å². The summed E-state index contributed by atoms with van der Waals surface area (Å²) in [7, 11) is 0. The number of phenols is 3. The highest BCUT2D eigenvalue weighted by Gasteiger charge is 2.13. The van der Waals surface area contributed by atoms with Crippen LogP contribution in [0, 0.1) is 5.82 Å². The first-order valence-electron chi connectivity index (χ1n) is 7.67. The van der Waals surface area contributed by atoms with Gasteiger partial charge in [0.05, 0.1) is 5.56 Å². The highest BCUT2D eigenvalue weighted by Crippen LogP contribution is 2.29. The van der Waals surface area contributed by atoms with Crippen molar-refractivity contribution in [3.8, 4) is 17.2 Å². The van der Waals surface area contributed by atoms with Gasteiger partial charge in [-0.25, -0.2) is 4.39 Å². The molecule has 25 heavy (non-hydrogen) atoms. The molecular weight excluding hydrogens is 323 g/mol. The molecule has 0 aliphatic heterocycles. The summed E-state index contributed by atoms with van der Waals surface area (Å²) in [6.07, 6.45) is 4.91. The fourth-order valence-corrected chi connectivity index (χ4v) is 2.19. The highest BCUT2D eigenvalue weighted by atomic mass is 19.1. The van der Waals surface area contributed by atoms with Crippen LogP contribution in [-0.2, 0) is 6.42 Å². The Kier molecular flexibility index (Phi) is 5.60. The Morgan fingerprint density at radius 3 is 2.40 bits per heavy atom. The van der Waals surface area contributed by atoms with Crippen LogP contribution in [0.2, 0.25) is 0 Å². The van der Waals surface area contributed by atoms with Crippen LogP contribution < -0.4 is 0 Å². The number of allylic oxidation sites excluding steroid dienone is 3. The molecule has 0 aliphatic rings. The Morgan fingerprint density at radius 1 is 1.04 bits per heavy atom. The lowest BCUT2D eigenvalue weighted by Gasteiger charge is -2.07. The van der Waals surface area contributed by atoms with E-state index in [2.05, 4.69) is 0 Å². The molecule has 0 unspecified atom stereocenters. The average Bonchev–Trinajstić information content (AvgIpc) is 2.54. The van der Waals surface area contributed by atoms with Crippen molar-refractivity contribution in [3.05, 3.63) is 70.6 Å². The van der Waals surface area contributed by atoms with Crippen molar-refractivity contribution in [3.63, 3.8) is 0 Å². The maximum Gasteiger partial charge on any atom is 0.189 e. The minimum Gasteiger partial charge on any atom is -0.508 e. The minimum absolute atomic E-state index is 0.0467. The van der Waals surface area contributed by atoms with Gasteiger partial charge in [-0.05, 0) is 55.7 Å². The molecule has 0 amide bonds. The number of hydrogen-bond donors (Lipinski definition) is 3. The van der Waals surface area contributed by atoms with Crippen molar-refractivity contribution < 1.29 is 24.5 Å². The minimum atomic E-state index is -0.786. The zero-order chi connectivity index (χ0) is 18.6. The normalized spacial score (nSPS) is 10.8. The van der Waals surface area contributed by atoms with Crippen LogP contribution in [0.15, 0.2) is 48.1 Å². The van der Waals surface area contributed by atoms with Gasteiger partial charge in [0.2, 0.25) is 0 Å². The van der Waals surface area contributed by atoms with E-state index in [4.69, 9.17) is 5.11 Å². The van der Waals surface area contributed by atoms with E-state index >= 15 is 0 Å². The molecular formula is C20H19FO4. The molecule has 0 aliphatic carbocycles. The monoisotopic (exact) mass is 342 g/mol. The van der Waals surface area contributed by atoms with E-state index in [9.17, 15) is 19.4 Å². The number of benzene rings is 2. The van der Waals surface area contributed by atoms with Crippen molar-refractivity contribution >= 4 is 11.9 Å². The van der Waals surface area contributed by atoms with E-state index in [0.29, 0.717) is 17.5 Å². The van der Waals surface area contributed by atoms with Crippen LogP contribution in [0.3, 0.4) is 0 Å². The Labute approximate surface area is 145 Å². The van der Waals surface area contributed by atoms with E-state index in [-0.39, 0.29) is 17.1 Å². The van der Waals surface area contributed by atoms with Crippen LogP contribution in [0.25, 0.3) is 6.08 Å². The molecule has 0 spiro atoms. The molecule has 2 rings (SSSR count). The topological polar surface area (TPSA) is 77.8 Å². The summed E-state index contributed by atoms with van der Waals surface area (Å²) >= 11 is 0. The van der Waals surface area contributed by atoms with Crippen molar-refractivity contribution in [2.24, 2.45) is 0 Å². The zero-order valence-electron chi connectivity index (χ0n) is 14.0. The van der Waals surface area contributed by atoms with Gasteiger partial charge in [0.1, 0.15) is 11.5 Å². The number of phenolic OH excluding ortho intramolecular Hbond substituents is 3. The summed E-state index contributed by atoms with van der Waals surface area (Å²) in [5.74, 6) is -2.15. The van der Waals surface area contributed by atoms with Crippen molar-refractivity contribution in [1.29, 1.82) is 0 Å². The second-order valence-corrected chi connectivity index (χ2v) is 5.89. The zero-order valence-corrected chi connectivity index (χ0v) is 14.0. The number of rotatable bonds is 5. The van der Waals surface area contributed by atoms with Crippen LogP contribution in [0.1, 0.15) is 35.3 Å². The fraction of sp³-hybridized carbons (Fsp3) is 0.150. The van der Waals surface area contributed by atoms with Gasteiger partial charge in [0.15, 0.2) is 17.3 Å². The second-order valence-electron chi connectivity index (χ2n) is 5.89. The van der Waals surface area contributed by atoms with Gasteiger partial charge in [-0.2, -0.15) is 0 Å². The van der Waals surface area contributed by atoms with E-state index < -0.39 is 17.3 Å². The number of aromatic hydroxyl groups is 3. The van der Waals surface area contributed by atoms with Crippen molar-refractivity contribution in [1.82, 2.24) is 0 Å². The molecule has 0 bridgehead atoms. The van der Waals surface area contributed by atoms with Crippen LogP contribution in [0.4, 0.5) is 4.39 Å². The predicted octanol–water partition coefficient (Wildman–Crippen LogP) is 4.35. The molecule has 3 N–H and O–H groups in total. The summed E-state index contributed by atoms with van der Waals surface area (Å²) in [6, 6.07) is 6.31. The third kappa shape index (κ3) is 4.70. The Hall–Kier alpha value is -3.08. The smallest absolute Gasteiger partial charge is 0.189 e. The first-order valence-corrected chi connectivity index (χ1v) is 7.67. The lowest BCUT2D eigenvalue weighted by Crippen LogP contribution is -1.97. The van der Waals surface area contributed by atoms with E-state index in [1.807, 2.05) is 19.9 Å². The van der Waals surface area contributed by atoms with Gasteiger partial charge in [-0.3, -0.25) is 4.79 Å². The Balaban J connectivity index is 2.28. The first-order chi connectivity index (χ1) is 11.8. The molecule has 0 fully saturated rings. The average molecular weight is 342 g/mol. The third-order valence-electron chi connectivity index (χ3n) is 3.59. The van der Waals surface area contributed by atoms with Crippen LogP contribution in [0.5, 0.6) is 17.2 Å². The highest BCUT2D eigenvalue weighted by molar-refractivity contribution is 6.08. The molecule has 4 nitrogen and oxygen atoms in total. The Bertz CT molecular complexity index is 862. The standard InChI is InChI=1S/C20H19FO4/c1-12(2)3-6-14-10-15(20(25)11-19(14)24)17(22)7-4-13-5-8-18(23)16(21)9-13/h3-5,7-11,23-25H,6H2,1-2H3/b7-4+. The van der Waals surface area contributed by atoms with Gasteiger partial charge in [-0.15, -0.1) is 0 Å². The van der Waals surface area contributed by atoms with Crippen molar-refractivity contribution in [2.75, 3.05) is 0 Å².